The van der Waals surface area contributed by atoms with Crippen LogP contribution in [0.2, 0.25) is 0 Å². The van der Waals surface area contributed by atoms with Gasteiger partial charge < -0.3 is 30.4 Å². The number of nitrogens with zero attached hydrogens (tertiary/aromatic N) is 1. The predicted octanol–water partition coefficient (Wildman–Crippen LogP) is 1.51. The van der Waals surface area contributed by atoms with Crippen molar-refractivity contribution in [3.63, 3.8) is 0 Å². The molecule has 31 heavy (non-hydrogen) atoms. The summed E-state index contributed by atoms with van der Waals surface area (Å²) >= 11 is 0. The molecule has 10 heteroatoms. The molecule has 0 spiro atoms. The Hall–Kier alpha value is -3.37. The van der Waals surface area contributed by atoms with Crippen molar-refractivity contribution in [2.45, 2.75) is 26.1 Å². The number of carboxylic acid groups (broad SMARTS) is 2. The van der Waals surface area contributed by atoms with Crippen molar-refractivity contribution in [3.05, 3.63) is 45.7 Å². The minimum absolute atomic E-state index is 0.163. The van der Waals surface area contributed by atoms with Gasteiger partial charge in [0, 0.05) is 25.2 Å². The molecule has 3 rings (SSSR count). The van der Waals surface area contributed by atoms with E-state index in [4.69, 9.17) is 15.2 Å². The lowest BCUT2D eigenvalue weighted by Gasteiger charge is -2.35. The first-order valence-electron chi connectivity index (χ1n) is 9.80. The summed E-state index contributed by atoms with van der Waals surface area (Å²) in [5, 5.41) is 18.9. The number of hydrogen-bond acceptors (Lipinski definition) is 7. The smallest absolute Gasteiger partial charge is 0.342 e. The Balaban J connectivity index is 1.79. The number of aromatic nitrogens is 1. The molecule has 0 amide bonds. The number of carbonyl (C=O) groups is 2. The Labute approximate surface area is 178 Å². The molecule has 2 atom stereocenters. The summed E-state index contributed by atoms with van der Waals surface area (Å²) in [6, 6.07) is 6.19. The maximum absolute atomic E-state index is 12.1. The fraction of sp³-hybridized carbons (Fsp3) is 0.381. The number of morpholine rings is 1. The molecule has 0 bridgehead atoms. The van der Waals surface area contributed by atoms with Crippen LogP contribution in [0, 0.1) is 0 Å². The Morgan fingerprint density at radius 1 is 1.13 bits per heavy atom. The van der Waals surface area contributed by atoms with Crippen LogP contribution in [0.1, 0.15) is 34.6 Å². The van der Waals surface area contributed by atoms with Crippen LogP contribution in [-0.2, 0) is 4.74 Å². The van der Waals surface area contributed by atoms with E-state index in [9.17, 15) is 24.6 Å². The van der Waals surface area contributed by atoms with Crippen LogP contribution in [0.3, 0.4) is 0 Å². The second-order valence-electron chi connectivity index (χ2n) is 7.49. The van der Waals surface area contributed by atoms with Crippen LogP contribution in [0.5, 0.6) is 5.75 Å². The lowest BCUT2D eigenvalue weighted by Crippen LogP contribution is -2.46. The second kappa shape index (κ2) is 9.19. The van der Waals surface area contributed by atoms with Crippen molar-refractivity contribution in [1.29, 1.82) is 0 Å². The number of hydrogen-bond donors (Lipinski definition) is 4. The molecular weight excluding hydrogens is 406 g/mol. The van der Waals surface area contributed by atoms with Gasteiger partial charge in [0.2, 0.25) is 0 Å². The van der Waals surface area contributed by atoms with Gasteiger partial charge in [-0.15, -0.1) is 0 Å². The Kier molecular flexibility index (Phi) is 6.62. The highest BCUT2D eigenvalue weighted by molar-refractivity contribution is 6.07. The van der Waals surface area contributed by atoms with E-state index in [0.29, 0.717) is 12.4 Å². The van der Waals surface area contributed by atoms with E-state index in [1.165, 1.54) is 12.1 Å². The van der Waals surface area contributed by atoms with Crippen molar-refractivity contribution in [1.82, 2.24) is 9.88 Å². The average molecular weight is 431 g/mol. The van der Waals surface area contributed by atoms with Crippen molar-refractivity contribution in [3.8, 4) is 16.9 Å². The summed E-state index contributed by atoms with van der Waals surface area (Å²) in [6.07, 6.45) is 0.327. The molecule has 0 radical (unpaired) electrons. The van der Waals surface area contributed by atoms with Crippen molar-refractivity contribution in [2.75, 3.05) is 32.0 Å². The standard InChI is InChI=1S/C21H25N3O7/c1-11-9-24(10-12(2)31-11)7-8-30-14-5-3-13(4-6-14)15-16(20(26)27)18(22)23-19(25)17(15)21(28)29/h3-6,11-12H,7-10H2,1-2H3,(H,26,27)(H,28,29)(H3,22,23,25). The lowest BCUT2D eigenvalue weighted by molar-refractivity contribution is -0.0699. The summed E-state index contributed by atoms with van der Waals surface area (Å²) in [7, 11) is 0. The van der Waals surface area contributed by atoms with Crippen LogP contribution >= 0.6 is 0 Å². The normalized spacial score (nSPS) is 19.2. The van der Waals surface area contributed by atoms with E-state index < -0.39 is 34.4 Å². The molecular formula is C21H25N3O7. The van der Waals surface area contributed by atoms with Crippen LogP contribution in [0.25, 0.3) is 11.1 Å². The van der Waals surface area contributed by atoms with Gasteiger partial charge in [0.15, 0.2) is 0 Å². The summed E-state index contributed by atoms with van der Waals surface area (Å²) in [5.74, 6) is -2.87. The molecule has 0 saturated carbocycles. The van der Waals surface area contributed by atoms with Gasteiger partial charge in [-0.3, -0.25) is 9.69 Å². The summed E-state index contributed by atoms with van der Waals surface area (Å²) in [4.78, 5) is 39.7. The molecule has 2 unspecified atom stereocenters. The molecule has 2 aromatic rings. The molecule has 1 aromatic carbocycles. The van der Waals surface area contributed by atoms with Gasteiger partial charge in [-0.1, -0.05) is 12.1 Å². The molecule has 0 aliphatic carbocycles. The Morgan fingerprint density at radius 3 is 2.26 bits per heavy atom. The lowest BCUT2D eigenvalue weighted by atomic mass is 9.95. The topological polar surface area (TPSA) is 155 Å². The van der Waals surface area contributed by atoms with Gasteiger partial charge in [0.25, 0.3) is 5.56 Å². The molecule has 1 saturated heterocycles. The predicted molar refractivity (Wildman–Crippen MR) is 113 cm³/mol. The number of nitrogen functional groups attached to an aromatic ring is 1. The number of H-pyrrole nitrogens is 1. The van der Waals surface area contributed by atoms with Gasteiger partial charge in [0.1, 0.15) is 29.3 Å². The molecule has 166 valence electrons. The number of carboxylic acids is 2. The van der Waals surface area contributed by atoms with Gasteiger partial charge in [-0.05, 0) is 31.5 Å². The quantitative estimate of drug-likeness (QED) is 0.510. The third kappa shape index (κ3) is 5.04. The van der Waals surface area contributed by atoms with Gasteiger partial charge in [-0.2, -0.15) is 0 Å². The minimum Gasteiger partial charge on any atom is -0.492 e. The maximum Gasteiger partial charge on any atom is 0.342 e. The van der Waals surface area contributed by atoms with Crippen LogP contribution in [0.4, 0.5) is 5.82 Å². The Bertz CT molecular complexity index is 1020. The van der Waals surface area contributed by atoms with Gasteiger partial charge >= 0.3 is 11.9 Å². The van der Waals surface area contributed by atoms with E-state index in [1.807, 2.05) is 13.8 Å². The summed E-state index contributed by atoms with van der Waals surface area (Å²) in [6.45, 7) is 6.87. The number of aromatic amines is 1. The number of nitrogens with one attached hydrogen (secondary N) is 1. The monoisotopic (exact) mass is 431 g/mol. The number of pyridine rings is 1. The first kappa shape index (κ1) is 22.3. The SMILES string of the molecule is CC1CN(CCOc2ccc(-c3c(C(=O)O)c(N)[nH]c(=O)c3C(=O)O)cc2)CC(C)O1. The van der Waals surface area contributed by atoms with E-state index >= 15 is 0 Å². The number of ether oxygens (including phenoxy) is 2. The van der Waals surface area contributed by atoms with E-state index in [2.05, 4.69) is 9.88 Å². The first-order valence-corrected chi connectivity index (χ1v) is 9.80. The second-order valence-corrected chi connectivity index (χ2v) is 7.49. The highest BCUT2D eigenvalue weighted by Gasteiger charge is 2.26. The molecule has 2 heterocycles. The van der Waals surface area contributed by atoms with E-state index in [0.717, 1.165) is 19.6 Å². The van der Waals surface area contributed by atoms with Crippen LogP contribution < -0.4 is 16.0 Å². The average Bonchev–Trinajstić information content (AvgIpc) is 2.66. The number of aromatic carboxylic acids is 2. The highest BCUT2D eigenvalue weighted by atomic mass is 16.5. The molecule has 10 nitrogen and oxygen atoms in total. The van der Waals surface area contributed by atoms with Crippen LogP contribution in [-0.4, -0.2) is 70.5 Å². The van der Waals surface area contributed by atoms with Crippen molar-refractivity contribution in [2.24, 2.45) is 0 Å². The highest BCUT2D eigenvalue weighted by Crippen LogP contribution is 2.30. The minimum atomic E-state index is -1.55. The largest absolute Gasteiger partial charge is 0.492 e. The maximum atomic E-state index is 12.1. The Morgan fingerprint density at radius 2 is 1.71 bits per heavy atom. The third-order valence-electron chi connectivity index (χ3n) is 4.99. The summed E-state index contributed by atoms with van der Waals surface area (Å²) < 4.78 is 11.5. The number of benzene rings is 1. The number of anilines is 1. The fourth-order valence-corrected chi connectivity index (χ4v) is 3.81. The van der Waals surface area contributed by atoms with E-state index in [-0.39, 0.29) is 23.3 Å². The van der Waals surface area contributed by atoms with Crippen molar-refractivity contribution < 1.29 is 29.3 Å². The third-order valence-corrected chi connectivity index (χ3v) is 4.99. The first-order chi connectivity index (χ1) is 14.7. The van der Waals surface area contributed by atoms with E-state index in [1.54, 1.807) is 12.1 Å². The fourth-order valence-electron chi connectivity index (χ4n) is 3.81. The molecule has 1 aliphatic heterocycles. The number of rotatable bonds is 7. The van der Waals surface area contributed by atoms with Crippen molar-refractivity contribution >= 4 is 17.8 Å². The van der Waals surface area contributed by atoms with Gasteiger partial charge in [0.05, 0.1) is 12.2 Å². The zero-order valence-electron chi connectivity index (χ0n) is 17.3. The number of nitrogens with two attached hydrogens (primary N) is 1. The zero-order chi connectivity index (χ0) is 22.7. The van der Waals surface area contributed by atoms with Gasteiger partial charge in [-0.25, -0.2) is 9.59 Å². The zero-order valence-corrected chi connectivity index (χ0v) is 17.3. The van der Waals surface area contributed by atoms with Crippen LogP contribution in [0.15, 0.2) is 29.1 Å². The molecule has 1 aromatic heterocycles. The molecule has 1 aliphatic rings. The molecule has 5 N–H and O–H groups in total. The summed E-state index contributed by atoms with van der Waals surface area (Å²) in [5.41, 5.74) is 3.51. The molecule has 1 fully saturated rings.